The molecule has 142 valence electrons. The van der Waals surface area contributed by atoms with E-state index < -0.39 is 0 Å². The summed E-state index contributed by atoms with van der Waals surface area (Å²) in [7, 11) is 1.60. The molecular formula is C20H16BrN3O3S. The van der Waals surface area contributed by atoms with Crippen molar-refractivity contribution < 1.29 is 9.47 Å². The number of ether oxygens (including phenoxy) is 2. The lowest BCUT2D eigenvalue weighted by Gasteiger charge is -2.04. The Balaban J connectivity index is 1.75. The van der Waals surface area contributed by atoms with Gasteiger partial charge in [-0.2, -0.15) is 9.50 Å². The monoisotopic (exact) mass is 457 g/mol. The highest BCUT2D eigenvalue weighted by atomic mass is 79.9. The Kier molecular flexibility index (Phi) is 5.15. The third kappa shape index (κ3) is 3.53. The van der Waals surface area contributed by atoms with E-state index in [4.69, 9.17) is 9.47 Å². The number of fused-ring (bicyclic) bond motifs is 1. The fraction of sp³-hybridized carbons (Fsp3) is 0.150. The molecule has 0 saturated heterocycles. The summed E-state index contributed by atoms with van der Waals surface area (Å²) in [5, 5.41) is 4.38. The summed E-state index contributed by atoms with van der Waals surface area (Å²) in [6.45, 7) is 2.55. The number of methoxy groups -OCH3 is 1. The lowest BCUT2D eigenvalue weighted by atomic mass is 10.2. The van der Waals surface area contributed by atoms with Crippen molar-refractivity contribution in [2.24, 2.45) is 0 Å². The Labute approximate surface area is 173 Å². The van der Waals surface area contributed by atoms with Gasteiger partial charge in [-0.05, 0) is 55.5 Å². The van der Waals surface area contributed by atoms with Gasteiger partial charge < -0.3 is 9.47 Å². The average Bonchev–Trinajstić information content (AvgIpc) is 3.23. The first-order chi connectivity index (χ1) is 13.6. The van der Waals surface area contributed by atoms with Crippen molar-refractivity contribution in [3.05, 3.63) is 67.4 Å². The summed E-state index contributed by atoms with van der Waals surface area (Å²) in [6, 6.07) is 13.1. The van der Waals surface area contributed by atoms with Gasteiger partial charge in [0.15, 0.2) is 5.82 Å². The fourth-order valence-corrected chi connectivity index (χ4v) is 4.06. The number of nitrogens with zero attached hydrogens (tertiary/aromatic N) is 3. The van der Waals surface area contributed by atoms with Crippen molar-refractivity contribution in [2.45, 2.75) is 6.92 Å². The van der Waals surface area contributed by atoms with E-state index >= 15 is 0 Å². The zero-order valence-corrected chi connectivity index (χ0v) is 17.6. The lowest BCUT2D eigenvalue weighted by Crippen LogP contribution is -2.23. The van der Waals surface area contributed by atoms with Crippen molar-refractivity contribution in [2.75, 3.05) is 13.7 Å². The molecule has 2 aromatic heterocycles. The van der Waals surface area contributed by atoms with Crippen LogP contribution in [0.2, 0.25) is 0 Å². The van der Waals surface area contributed by atoms with E-state index in [2.05, 4.69) is 26.0 Å². The summed E-state index contributed by atoms with van der Waals surface area (Å²) in [5.74, 6) is 1.99. The van der Waals surface area contributed by atoms with Crippen LogP contribution < -0.4 is 19.6 Å². The minimum atomic E-state index is -0.202. The average molecular weight is 458 g/mol. The molecule has 0 aliphatic rings. The van der Waals surface area contributed by atoms with E-state index in [1.807, 2.05) is 49.4 Å². The lowest BCUT2D eigenvalue weighted by molar-refractivity contribution is 0.340. The summed E-state index contributed by atoms with van der Waals surface area (Å²) < 4.78 is 13.6. The summed E-state index contributed by atoms with van der Waals surface area (Å²) >= 11 is 4.74. The number of hydrogen-bond acceptors (Lipinski definition) is 6. The van der Waals surface area contributed by atoms with Gasteiger partial charge in [0.05, 0.1) is 18.2 Å². The molecule has 0 N–H and O–H groups in total. The van der Waals surface area contributed by atoms with Crippen LogP contribution in [0.15, 0.2) is 51.7 Å². The number of rotatable bonds is 5. The summed E-state index contributed by atoms with van der Waals surface area (Å²) in [4.78, 5) is 17.8. The first-order valence-corrected chi connectivity index (χ1v) is 10.2. The van der Waals surface area contributed by atoms with E-state index in [1.54, 1.807) is 13.2 Å². The molecule has 6 nitrogen and oxygen atoms in total. The fourth-order valence-electron chi connectivity index (χ4n) is 2.78. The van der Waals surface area contributed by atoms with E-state index in [9.17, 15) is 4.79 Å². The van der Waals surface area contributed by atoms with E-state index in [0.717, 1.165) is 21.3 Å². The SMILES string of the molecule is CCOc1ccc(-c2nc3s/c(=C/c4cc(Br)ccc4OC)c(=O)n3n2)cc1. The smallest absolute Gasteiger partial charge is 0.291 e. The summed E-state index contributed by atoms with van der Waals surface area (Å²) in [6.07, 6.45) is 1.80. The molecule has 0 fully saturated rings. The number of benzene rings is 2. The zero-order valence-electron chi connectivity index (χ0n) is 15.2. The quantitative estimate of drug-likeness (QED) is 0.458. The van der Waals surface area contributed by atoms with Gasteiger partial charge in [-0.25, -0.2) is 0 Å². The third-order valence-corrected chi connectivity index (χ3v) is 5.54. The van der Waals surface area contributed by atoms with Gasteiger partial charge in [-0.15, -0.1) is 5.10 Å². The molecule has 0 aliphatic heterocycles. The Morgan fingerprint density at radius 2 is 2.00 bits per heavy atom. The number of halogens is 1. The van der Waals surface area contributed by atoms with Gasteiger partial charge in [0.2, 0.25) is 4.96 Å². The predicted octanol–water partition coefficient (Wildman–Crippen LogP) is 3.54. The van der Waals surface area contributed by atoms with Crippen LogP contribution in [0, 0.1) is 0 Å². The van der Waals surface area contributed by atoms with Crippen molar-refractivity contribution in [3.8, 4) is 22.9 Å². The van der Waals surface area contributed by atoms with E-state index in [0.29, 0.717) is 27.7 Å². The zero-order chi connectivity index (χ0) is 19.7. The number of hydrogen-bond donors (Lipinski definition) is 0. The van der Waals surface area contributed by atoms with Crippen LogP contribution in [0.4, 0.5) is 0 Å². The van der Waals surface area contributed by atoms with E-state index in [-0.39, 0.29) is 5.56 Å². The van der Waals surface area contributed by atoms with Crippen LogP contribution in [-0.4, -0.2) is 28.3 Å². The molecule has 8 heteroatoms. The third-order valence-electron chi connectivity index (χ3n) is 4.08. The minimum absolute atomic E-state index is 0.202. The van der Waals surface area contributed by atoms with Crippen LogP contribution in [-0.2, 0) is 0 Å². The summed E-state index contributed by atoms with van der Waals surface area (Å²) in [5.41, 5.74) is 1.44. The molecule has 0 atom stereocenters. The second-order valence-electron chi connectivity index (χ2n) is 5.89. The number of aromatic nitrogens is 3. The van der Waals surface area contributed by atoms with Crippen molar-refractivity contribution in [1.29, 1.82) is 0 Å². The second kappa shape index (κ2) is 7.73. The molecule has 0 aliphatic carbocycles. The van der Waals surface area contributed by atoms with Crippen LogP contribution in [0.5, 0.6) is 11.5 Å². The van der Waals surface area contributed by atoms with Gasteiger partial charge in [-0.3, -0.25) is 4.79 Å². The molecule has 4 rings (SSSR count). The molecular weight excluding hydrogens is 442 g/mol. The maximum atomic E-state index is 12.8. The van der Waals surface area contributed by atoms with Crippen molar-refractivity contribution in [3.63, 3.8) is 0 Å². The molecule has 2 aromatic carbocycles. The van der Waals surface area contributed by atoms with Crippen LogP contribution >= 0.6 is 27.3 Å². The Morgan fingerprint density at radius 3 is 2.68 bits per heavy atom. The van der Waals surface area contributed by atoms with Gasteiger partial charge in [-0.1, -0.05) is 27.3 Å². The van der Waals surface area contributed by atoms with Crippen molar-refractivity contribution >= 4 is 38.3 Å². The predicted molar refractivity (Wildman–Crippen MR) is 113 cm³/mol. The maximum Gasteiger partial charge on any atom is 0.291 e. The van der Waals surface area contributed by atoms with Gasteiger partial charge >= 0.3 is 0 Å². The minimum Gasteiger partial charge on any atom is -0.496 e. The molecule has 0 spiro atoms. The second-order valence-corrected chi connectivity index (χ2v) is 7.81. The van der Waals surface area contributed by atoms with Gasteiger partial charge in [0.25, 0.3) is 5.56 Å². The Bertz CT molecular complexity index is 1250. The Morgan fingerprint density at radius 1 is 1.21 bits per heavy atom. The Hall–Kier alpha value is -2.71. The topological polar surface area (TPSA) is 65.7 Å². The standard InChI is InChI=1S/C20H16BrN3O3S/c1-3-27-15-7-4-12(5-8-15)18-22-20-24(23-18)19(25)17(28-20)11-13-10-14(21)6-9-16(13)26-2/h4-11H,3H2,1-2H3/b17-11+. The first kappa shape index (κ1) is 18.6. The van der Waals surface area contributed by atoms with Crippen LogP contribution in [0.25, 0.3) is 22.4 Å². The highest BCUT2D eigenvalue weighted by molar-refractivity contribution is 9.10. The molecule has 0 unspecified atom stereocenters. The number of thiazole rings is 1. The highest BCUT2D eigenvalue weighted by Gasteiger charge is 2.13. The molecule has 0 bridgehead atoms. The molecule has 4 aromatic rings. The van der Waals surface area contributed by atoms with Crippen molar-refractivity contribution in [1.82, 2.24) is 14.6 Å². The van der Waals surface area contributed by atoms with Crippen LogP contribution in [0.1, 0.15) is 12.5 Å². The van der Waals surface area contributed by atoms with E-state index in [1.165, 1.54) is 15.9 Å². The first-order valence-electron chi connectivity index (χ1n) is 8.57. The maximum absolute atomic E-state index is 12.8. The largest absolute Gasteiger partial charge is 0.496 e. The molecule has 28 heavy (non-hydrogen) atoms. The van der Waals surface area contributed by atoms with Crippen LogP contribution in [0.3, 0.4) is 0 Å². The molecule has 0 radical (unpaired) electrons. The van der Waals surface area contributed by atoms with Gasteiger partial charge in [0, 0.05) is 15.6 Å². The normalized spacial score (nSPS) is 11.9. The molecule has 0 saturated carbocycles. The van der Waals surface area contributed by atoms with Gasteiger partial charge in [0.1, 0.15) is 11.5 Å². The highest BCUT2D eigenvalue weighted by Crippen LogP contribution is 2.24. The molecule has 0 amide bonds. The molecule has 2 heterocycles.